The minimum atomic E-state index is 1.29. The van der Waals surface area contributed by atoms with Crippen LogP contribution in [-0.2, 0) is 0 Å². The van der Waals surface area contributed by atoms with Gasteiger partial charge in [0.2, 0.25) is 0 Å². The summed E-state index contributed by atoms with van der Waals surface area (Å²) in [6.07, 6.45) is 20.0. The molecule has 12 heavy (non-hydrogen) atoms. The van der Waals surface area contributed by atoms with Gasteiger partial charge in [0.05, 0.1) is 0 Å². The summed E-state index contributed by atoms with van der Waals surface area (Å²) in [7, 11) is 0. The molecule has 68 valence electrons. The van der Waals surface area contributed by atoms with Gasteiger partial charge in [0.1, 0.15) is 0 Å². The zero-order valence-electron chi connectivity index (χ0n) is 7.97. The van der Waals surface area contributed by atoms with E-state index in [-0.39, 0.29) is 0 Å². The standard InChI is InChI=1S/C12H20/c1-2-4-6-8-10-12-11-9-7-5-3-1/h1-2,11-12H,3-10H2/b2-1+,12-11?. The van der Waals surface area contributed by atoms with Crippen molar-refractivity contribution < 1.29 is 0 Å². The molecule has 0 N–H and O–H groups in total. The van der Waals surface area contributed by atoms with Crippen LogP contribution in [-0.4, -0.2) is 0 Å². The molecule has 1 aliphatic rings. The lowest BCUT2D eigenvalue weighted by Gasteiger charge is -1.97. The highest BCUT2D eigenvalue weighted by atomic mass is 13.9. The quantitative estimate of drug-likeness (QED) is 0.470. The average molecular weight is 164 g/mol. The fraction of sp³-hybridized carbons (Fsp3) is 0.667. The summed E-state index contributed by atoms with van der Waals surface area (Å²) in [4.78, 5) is 0. The van der Waals surface area contributed by atoms with Crippen LogP contribution < -0.4 is 0 Å². The molecule has 0 bridgehead atoms. The van der Waals surface area contributed by atoms with Crippen LogP contribution in [0.3, 0.4) is 0 Å². The van der Waals surface area contributed by atoms with Gasteiger partial charge in [0, 0.05) is 0 Å². The SMILES string of the molecule is C1=CCCCC/C=C/CCCC1. The van der Waals surface area contributed by atoms with Gasteiger partial charge < -0.3 is 0 Å². The Labute approximate surface area is 76.4 Å². The van der Waals surface area contributed by atoms with Crippen molar-refractivity contribution in [1.82, 2.24) is 0 Å². The summed E-state index contributed by atoms with van der Waals surface area (Å²) in [5, 5.41) is 0. The lowest BCUT2D eigenvalue weighted by atomic mass is 10.1. The Hall–Kier alpha value is -0.520. The second-order valence-corrected chi connectivity index (χ2v) is 3.51. The van der Waals surface area contributed by atoms with E-state index in [0.29, 0.717) is 0 Å². The largest absolute Gasteiger partial charge is 0.0885 e. The summed E-state index contributed by atoms with van der Waals surface area (Å²) in [5.41, 5.74) is 0. The molecular formula is C12H20. The Balaban J connectivity index is 2.18. The monoisotopic (exact) mass is 164 g/mol. The highest BCUT2D eigenvalue weighted by molar-refractivity contribution is 4.85. The van der Waals surface area contributed by atoms with Crippen molar-refractivity contribution in [3.05, 3.63) is 24.3 Å². The molecule has 0 fully saturated rings. The second-order valence-electron chi connectivity index (χ2n) is 3.51. The van der Waals surface area contributed by atoms with Crippen molar-refractivity contribution in [3.63, 3.8) is 0 Å². The zero-order chi connectivity index (χ0) is 8.49. The molecule has 0 heteroatoms. The normalized spacial score (nSPS) is 24.0. The molecular weight excluding hydrogens is 144 g/mol. The minimum absolute atomic E-state index is 1.29. The molecule has 0 amide bonds. The smallest absolute Gasteiger partial charge is 0.0351 e. The summed E-state index contributed by atoms with van der Waals surface area (Å²) in [6, 6.07) is 0. The van der Waals surface area contributed by atoms with Crippen molar-refractivity contribution in [2.75, 3.05) is 0 Å². The Morgan fingerprint density at radius 1 is 0.417 bits per heavy atom. The maximum absolute atomic E-state index is 2.35. The number of hydrogen-bond acceptors (Lipinski definition) is 0. The van der Waals surface area contributed by atoms with Crippen LogP contribution in [0, 0.1) is 0 Å². The summed E-state index contributed by atoms with van der Waals surface area (Å²) in [5.74, 6) is 0. The molecule has 0 unspecified atom stereocenters. The topological polar surface area (TPSA) is 0 Å². The lowest BCUT2D eigenvalue weighted by Crippen LogP contribution is -1.77. The lowest BCUT2D eigenvalue weighted by molar-refractivity contribution is 0.730. The van der Waals surface area contributed by atoms with Gasteiger partial charge in [-0.1, -0.05) is 24.3 Å². The van der Waals surface area contributed by atoms with E-state index in [9.17, 15) is 0 Å². The van der Waals surface area contributed by atoms with Crippen LogP contribution in [0.1, 0.15) is 51.4 Å². The first-order chi connectivity index (χ1) is 6.00. The molecule has 0 radical (unpaired) electrons. The first-order valence-corrected chi connectivity index (χ1v) is 5.30. The highest BCUT2D eigenvalue weighted by Gasteiger charge is 1.87. The molecule has 0 nitrogen and oxygen atoms in total. The fourth-order valence-corrected chi connectivity index (χ4v) is 1.52. The average Bonchev–Trinajstić information content (AvgIpc) is 2.05. The van der Waals surface area contributed by atoms with Gasteiger partial charge in [-0.25, -0.2) is 0 Å². The van der Waals surface area contributed by atoms with E-state index < -0.39 is 0 Å². The fourth-order valence-electron chi connectivity index (χ4n) is 1.52. The van der Waals surface area contributed by atoms with Crippen LogP contribution in [0.15, 0.2) is 24.3 Å². The minimum Gasteiger partial charge on any atom is -0.0885 e. The Kier molecular flexibility index (Phi) is 5.70. The van der Waals surface area contributed by atoms with E-state index in [1.165, 1.54) is 51.4 Å². The van der Waals surface area contributed by atoms with Gasteiger partial charge in [-0.15, -0.1) is 0 Å². The third kappa shape index (κ3) is 5.17. The molecule has 0 saturated carbocycles. The van der Waals surface area contributed by atoms with E-state index in [1.807, 2.05) is 0 Å². The molecule has 0 aliphatic heterocycles. The van der Waals surface area contributed by atoms with E-state index in [2.05, 4.69) is 24.3 Å². The second kappa shape index (κ2) is 7.15. The van der Waals surface area contributed by atoms with Gasteiger partial charge in [-0.05, 0) is 51.4 Å². The molecule has 0 heterocycles. The van der Waals surface area contributed by atoms with E-state index in [0.717, 1.165) is 0 Å². The molecule has 0 atom stereocenters. The predicted octanol–water partition coefficient (Wildman–Crippen LogP) is 4.23. The first-order valence-electron chi connectivity index (χ1n) is 5.30. The third-order valence-corrected chi connectivity index (χ3v) is 2.32. The van der Waals surface area contributed by atoms with Gasteiger partial charge in [0.15, 0.2) is 0 Å². The van der Waals surface area contributed by atoms with Crippen molar-refractivity contribution in [2.45, 2.75) is 51.4 Å². The van der Waals surface area contributed by atoms with Crippen LogP contribution in [0.4, 0.5) is 0 Å². The maximum Gasteiger partial charge on any atom is -0.0351 e. The maximum atomic E-state index is 2.35. The molecule has 0 spiro atoms. The summed E-state index contributed by atoms with van der Waals surface area (Å²) >= 11 is 0. The molecule has 0 aromatic rings. The number of hydrogen-bond donors (Lipinski definition) is 0. The number of allylic oxidation sites excluding steroid dienone is 4. The van der Waals surface area contributed by atoms with E-state index >= 15 is 0 Å². The zero-order valence-corrected chi connectivity index (χ0v) is 7.97. The predicted molar refractivity (Wildman–Crippen MR) is 55.2 cm³/mol. The highest BCUT2D eigenvalue weighted by Crippen LogP contribution is 2.07. The molecule has 1 aliphatic carbocycles. The summed E-state index contributed by atoms with van der Waals surface area (Å²) < 4.78 is 0. The van der Waals surface area contributed by atoms with Crippen molar-refractivity contribution in [3.8, 4) is 0 Å². The Morgan fingerprint density at radius 2 is 0.667 bits per heavy atom. The van der Waals surface area contributed by atoms with Gasteiger partial charge in [-0.3, -0.25) is 0 Å². The van der Waals surface area contributed by atoms with Gasteiger partial charge >= 0.3 is 0 Å². The first kappa shape index (κ1) is 9.57. The molecule has 0 aromatic heterocycles. The van der Waals surface area contributed by atoms with Crippen LogP contribution >= 0.6 is 0 Å². The third-order valence-electron chi connectivity index (χ3n) is 2.32. The molecule has 0 saturated heterocycles. The Bertz CT molecular complexity index is 108. The Morgan fingerprint density at radius 3 is 0.917 bits per heavy atom. The van der Waals surface area contributed by atoms with E-state index in [4.69, 9.17) is 0 Å². The van der Waals surface area contributed by atoms with Crippen LogP contribution in [0.25, 0.3) is 0 Å². The van der Waals surface area contributed by atoms with Crippen molar-refractivity contribution in [2.24, 2.45) is 0 Å². The van der Waals surface area contributed by atoms with E-state index in [1.54, 1.807) is 0 Å². The number of rotatable bonds is 0. The van der Waals surface area contributed by atoms with Gasteiger partial charge in [0.25, 0.3) is 0 Å². The van der Waals surface area contributed by atoms with Crippen LogP contribution in [0.2, 0.25) is 0 Å². The van der Waals surface area contributed by atoms with Crippen molar-refractivity contribution in [1.29, 1.82) is 0 Å². The molecule has 1 rings (SSSR count). The van der Waals surface area contributed by atoms with Gasteiger partial charge in [-0.2, -0.15) is 0 Å². The van der Waals surface area contributed by atoms with Crippen LogP contribution in [0.5, 0.6) is 0 Å². The van der Waals surface area contributed by atoms with Crippen molar-refractivity contribution >= 4 is 0 Å². The summed E-state index contributed by atoms with van der Waals surface area (Å²) in [6.45, 7) is 0. The molecule has 0 aromatic carbocycles.